The maximum Gasteiger partial charge on any atom is 0.234 e. The molecule has 1 N–H and O–H groups in total. The summed E-state index contributed by atoms with van der Waals surface area (Å²) in [6.07, 6.45) is 1.54. The van der Waals surface area contributed by atoms with Crippen LogP contribution in [-0.2, 0) is 16.6 Å². The first kappa shape index (κ1) is 16.2. The maximum atomic E-state index is 12.0. The first-order valence-corrected chi connectivity index (χ1v) is 8.91. The van der Waals surface area contributed by atoms with Crippen LogP contribution in [0.15, 0.2) is 76.7 Å². The van der Waals surface area contributed by atoms with Crippen LogP contribution in [0.3, 0.4) is 0 Å². The van der Waals surface area contributed by atoms with E-state index in [9.17, 15) is 8.42 Å². The lowest BCUT2D eigenvalue weighted by Gasteiger charge is -1.99. The van der Waals surface area contributed by atoms with Gasteiger partial charge in [0.1, 0.15) is 5.69 Å². The Kier molecular flexibility index (Phi) is 4.88. The molecule has 1 heterocycles. The van der Waals surface area contributed by atoms with Crippen molar-refractivity contribution < 1.29 is 12.9 Å². The Morgan fingerprint density at radius 3 is 2.38 bits per heavy atom. The van der Waals surface area contributed by atoms with Gasteiger partial charge in [-0.3, -0.25) is 0 Å². The first-order chi connectivity index (χ1) is 11.6. The molecule has 2 aromatic carbocycles. The highest BCUT2D eigenvalue weighted by atomic mass is 32.2. The fourth-order valence-electron chi connectivity index (χ4n) is 2.09. The number of sulfonamides is 1. The monoisotopic (exact) mass is 340 g/mol. The smallest absolute Gasteiger partial charge is 0.234 e. The highest BCUT2D eigenvalue weighted by molar-refractivity contribution is 7.92. The molecule has 122 valence electrons. The van der Waals surface area contributed by atoms with Gasteiger partial charge in [0.15, 0.2) is 5.76 Å². The van der Waals surface area contributed by atoms with Crippen LogP contribution in [0.25, 0.3) is 17.3 Å². The molecule has 0 unspecified atom stereocenters. The van der Waals surface area contributed by atoms with Gasteiger partial charge < -0.3 is 4.52 Å². The third kappa shape index (κ3) is 4.41. The van der Waals surface area contributed by atoms with E-state index in [-0.39, 0.29) is 6.54 Å². The highest BCUT2D eigenvalue weighted by Crippen LogP contribution is 2.18. The molecule has 0 aliphatic rings. The van der Waals surface area contributed by atoms with Crippen molar-refractivity contribution >= 4 is 16.1 Å². The van der Waals surface area contributed by atoms with Gasteiger partial charge in [0.05, 0.1) is 6.54 Å². The summed E-state index contributed by atoms with van der Waals surface area (Å²) in [4.78, 5) is 0. The van der Waals surface area contributed by atoms with Gasteiger partial charge in [-0.25, -0.2) is 13.1 Å². The van der Waals surface area contributed by atoms with Gasteiger partial charge in [-0.1, -0.05) is 65.8 Å². The van der Waals surface area contributed by atoms with Crippen LogP contribution in [-0.4, -0.2) is 13.6 Å². The standard InChI is InChI=1S/C18H16N2O3S/c21-24(22,12-11-15-7-3-1-4-8-15)19-14-17-13-18(20-23-17)16-9-5-2-6-10-16/h1-13,19H,14H2/b12-11+. The normalized spacial score (nSPS) is 11.8. The molecule has 0 radical (unpaired) electrons. The lowest BCUT2D eigenvalue weighted by molar-refractivity contribution is 0.382. The van der Waals surface area contributed by atoms with Crippen LogP contribution in [0.5, 0.6) is 0 Å². The molecule has 3 aromatic rings. The van der Waals surface area contributed by atoms with Crippen LogP contribution in [0.4, 0.5) is 0 Å². The molecule has 1 aromatic heterocycles. The highest BCUT2D eigenvalue weighted by Gasteiger charge is 2.10. The molecule has 0 spiro atoms. The topological polar surface area (TPSA) is 72.2 Å². The largest absolute Gasteiger partial charge is 0.359 e. The van der Waals surface area contributed by atoms with Crippen LogP contribution in [0.2, 0.25) is 0 Å². The molecule has 3 rings (SSSR count). The van der Waals surface area contributed by atoms with Crippen molar-refractivity contribution in [3.63, 3.8) is 0 Å². The minimum Gasteiger partial charge on any atom is -0.359 e. The Bertz CT molecular complexity index is 917. The molecule has 0 fully saturated rings. The molecule has 0 bridgehead atoms. The summed E-state index contributed by atoms with van der Waals surface area (Å²) in [6.45, 7) is 0.0430. The molecular formula is C18H16N2O3S. The molecule has 6 heteroatoms. The Morgan fingerprint density at radius 2 is 1.67 bits per heavy atom. The maximum absolute atomic E-state index is 12.0. The first-order valence-electron chi connectivity index (χ1n) is 7.36. The minimum atomic E-state index is -3.55. The lowest BCUT2D eigenvalue weighted by atomic mass is 10.1. The van der Waals surface area contributed by atoms with E-state index in [0.717, 1.165) is 16.5 Å². The number of hydrogen-bond acceptors (Lipinski definition) is 4. The zero-order valence-electron chi connectivity index (χ0n) is 12.8. The van der Waals surface area contributed by atoms with Crippen molar-refractivity contribution in [1.29, 1.82) is 0 Å². The fraction of sp³-hybridized carbons (Fsp3) is 0.0556. The fourth-order valence-corrected chi connectivity index (χ4v) is 2.87. The summed E-state index contributed by atoms with van der Waals surface area (Å²) in [5, 5.41) is 5.09. The van der Waals surface area contributed by atoms with Gasteiger partial charge >= 0.3 is 0 Å². The Hall–Kier alpha value is -2.70. The summed E-state index contributed by atoms with van der Waals surface area (Å²) in [7, 11) is -3.55. The van der Waals surface area contributed by atoms with E-state index in [1.54, 1.807) is 6.07 Å². The van der Waals surface area contributed by atoms with Gasteiger partial charge in [-0.15, -0.1) is 0 Å². The number of nitrogens with one attached hydrogen (secondary N) is 1. The summed E-state index contributed by atoms with van der Waals surface area (Å²) >= 11 is 0. The van der Waals surface area contributed by atoms with E-state index in [1.165, 1.54) is 6.08 Å². The number of aromatic nitrogens is 1. The zero-order chi connectivity index (χ0) is 16.8. The Labute approximate surface area is 140 Å². The molecule has 0 amide bonds. The quantitative estimate of drug-likeness (QED) is 0.746. The molecule has 0 aliphatic heterocycles. The third-order valence-electron chi connectivity index (χ3n) is 3.32. The van der Waals surface area contributed by atoms with Gasteiger partial charge in [-0.05, 0) is 11.6 Å². The van der Waals surface area contributed by atoms with Crippen molar-refractivity contribution in [3.8, 4) is 11.3 Å². The molecule has 0 saturated carbocycles. The van der Waals surface area contributed by atoms with E-state index in [4.69, 9.17) is 4.52 Å². The molecular weight excluding hydrogens is 324 g/mol. The second-order valence-electron chi connectivity index (χ2n) is 5.12. The van der Waals surface area contributed by atoms with Gasteiger partial charge in [0, 0.05) is 17.0 Å². The third-order valence-corrected chi connectivity index (χ3v) is 4.36. The number of hydrogen-bond donors (Lipinski definition) is 1. The second kappa shape index (κ2) is 7.25. The van der Waals surface area contributed by atoms with Crippen LogP contribution < -0.4 is 4.72 Å². The summed E-state index contributed by atoms with van der Waals surface area (Å²) in [6, 6.07) is 20.5. The molecule has 24 heavy (non-hydrogen) atoms. The van der Waals surface area contributed by atoms with Crippen molar-refractivity contribution in [3.05, 3.63) is 83.5 Å². The summed E-state index contributed by atoms with van der Waals surface area (Å²) in [5.74, 6) is 0.450. The number of rotatable bonds is 6. The molecule has 5 nitrogen and oxygen atoms in total. The average Bonchev–Trinajstić information content (AvgIpc) is 3.09. The predicted octanol–water partition coefficient (Wildman–Crippen LogP) is 3.43. The Balaban J connectivity index is 1.63. The summed E-state index contributed by atoms with van der Waals surface area (Å²) in [5.41, 5.74) is 2.40. The van der Waals surface area contributed by atoms with Gasteiger partial charge in [0.2, 0.25) is 10.0 Å². The van der Waals surface area contributed by atoms with Crippen LogP contribution in [0.1, 0.15) is 11.3 Å². The van der Waals surface area contributed by atoms with Gasteiger partial charge in [0.25, 0.3) is 0 Å². The SMILES string of the molecule is O=S(=O)(/C=C/c1ccccc1)NCc1cc(-c2ccccc2)no1. The van der Waals surface area contributed by atoms with E-state index >= 15 is 0 Å². The Morgan fingerprint density at radius 1 is 1.00 bits per heavy atom. The molecule has 0 aliphatic carbocycles. The van der Waals surface area contributed by atoms with Crippen LogP contribution in [0, 0.1) is 0 Å². The number of benzene rings is 2. The van der Waals surface area contributed by atoms with E-state index in [1.807, 2.05) is 60.7 Å². The predicted molar refractivity (Wildman–Crippen MR) is 93.2 cm³/mol. The van der Waals surface area contributed by atoms with Crippen molar-refractivity contribution in [2.24, 2.45) is 0 Å². The van der Waals surface area contributed by atoms with Crippen molar-refractivity contribution in [2.45, 2.75) is 6.54 Å². The van der Waals surface area contributed by atoms with Crippen LogP contribution >= 0.6 is 0 Å². The molecule has 0 atom stereocenters. The number of nitrogens with zero attached hydrogens (tertiary/aromatic N) is 1. The van der Waals surface area contributed by atoms with Gasteiger partial charge in [-0.2, -0.15) is 0 Å². The van der Waals surface area contributed by atoms with E-state index in [0.29, 0.717) is 11.5 Å². The average molecular weight is 340 g/mol. The van der Waals surface area contributed by atoms with Crippen molar-refractivity contribution in [1.82, 2.24) is 9.88 Å². The molecule has 0 saturated heterocycles. The minimum absolute atomic E-state index is 0.0430. The lowest BCUT2D eigenvalue weighted by Crippen LogP contribution is -2.20. The second-order valence-corrected chi connectivity index (χ2v) is 6.77. The zero-order valence-corrected chi connectivity index (χ0v) is 13.6. The van der Waals surface area contributed by atoms with E-state index in [2.05, 4.69) is 9.88 Å². The summed E-state index contributed by atoms with van der Waals surface area (Å²) < 4.78 is 31.6. The van der Waals surface area contributed by atoms with E-state index < -0.39 is 10.0 Å². The van der Waals surface area contributed by atoms with Crippen molar-refractivity contribution in [2.75, 3.05) is 0 Å².